The number of aryl methyl sites for hydroxylation is 1. The first kappa shape index (κ1) is 16.9. The highest BCUT2D eigenvalue weighted by Crippen LogP contribution is 2.36. The zero-order valence-corrected chi connectivity index (χ0v) is 13.6. The van der Waals surface area contributed by atoms with E-state index >= 15 is 0 Å². The molecule has 2 nitrogen and oxygen atoms in total. The van der Waals surface area contributed by atoms with E-state index in [-0.39, 0.29) is 24.2 Å². The quantitative estimate of drug-likeness (QED) is 0.885. The van der Waals surface area contributed by atoms with Gasteiger partial charge in [0.05, 0.1) is 6.04 Å². The van der Waals surface area contributed by atoms with Crippen LogP contribution in [-0.2, 0) is 11.2 Å². The van der Waals surface area contributed by atoms with Crippen LogP contribution in [0.3, 0.4) is 0 Å². The molecule has 6 heteroatoms. The number of rotatable bonds is 4. The molecule has 1 aliphatic rings. The van der Waals surface area contributed by atoms with E-state index in [2.05, 4.69) is 5.32 Å². The van der Waals surface area contributed by atoms with Crippen molar-refractivity contribution in [2.75, 3.05) is 5.75 Å². The first-order valence-electron chi connectivity index (χ1n) is 7.68. The Morgan fingerprint density at radius 3 is 2.75 bits per heavy atom. The molecule has 1 aliphatic heterocycles. The van der Waals surface area contributed by atoms with Crippen molar-refractivity contribution in [2.45, 2.75) is 30.2 Å². The molecule has 2 aromatic rings. The van der Waals surface area contributed by atoms with Crippen molar-refractivity contribution in [1.29, 1.82) is 0 Å². The average molecular weight is 351 g/mol. The number of thioether (sulfide) groups is 1. The summed E-state index contributed by atoms with van der Waals surface area (Å²) in [5, 5.41) is 2.91. The summed E-state index contributed by atoms with van der Waals surface area (Å²) >= 11 is 1.65. The molecular formula is C18H16F3NOS. The summed E-state index contributed by atoms with van der Waals surface area (Å²) in [6.45, 7) is 0. The van der Waals surface area contributed by atoms with E-state index in [1.54, 1.807) is 17.8 Å². The second kappa shape index (κ2) is 7.30. The van der Waals surface area contributed by atoms with Crippen LogP contribution in [0, 0.1) is 17.5 Å². The van der Waals surface area contributed by atoms with Gasteiger partial charge in [0, 0.05) is 17.1 Å². The maximum Gasteiger partial charge on any atom is 0.220 e. The van der Waals surface area contributed by atoms with Crippen molar-refractivity contribution in [2.24, 2.45) is 0 Å². The van der Waals surface area contributed by atoms with Gasteiger partial charge in [-0.15, -0.1) is 11.8 Å². The molecule has 3 rings (SSSR count). The van der Waals surface area contributed by atoms with Gasteiger partial charge in [-0.3, -0.25) is 4.79 Å². The Morgan fingerprint density at radius 2 is 1.96 bits per heavy atom. The average Bonchev–Trinajstić information content (AvgIpc) is 2.56. The largest absolute Gasteiger partial charge is 0.349 e. The Balaban J connectivity index is 1.61. The normalized spacial score (nSPS) is 16.5. The summed E-state index contributed by atoms with van der Waals surface area (Å²) < 4.78 is 39.5. The number of carbonyl (C=O) groups is 1. The van der Waals surface area contributed by atoms with Crippen LogP contribution in [0.5, 0.6) is 0 Å². The SMILES string of the molecule is O=C(CCc1ccc(F)c(F)c1)NC1CCSc2ccc(F)cc21. The molecule has 0 spiro atoms. The molecule has 24 heavy (non-hydrogen) atoms. The lowest BCUT2D eigenvalue weighted by molar-refractivity contribution is -0.121. The number of fused-ring (bicyclic) bond motifs is 1. The zero-order valence-electron chi connectivity index (χ0n) is 12.8. The first-order chi connectivity index (χ1) is 11.5. The minimum Gasteiger partial charge on any atom is -0.349 e. The number of halogens is 3. The van der Waals surface area contributed by atoms with Gasteiger partial charge in [-0.1, -0.05) is 6.07 Å². The molecule has 0 saturated heterocycles. The van der Waals surface area contributed by atoms with E-state index in [0.717, 1.165) is 34.8 Å². The fourth-order valence-corrected chi connectivity index (χ4v) is 3.84. The molecule has 2 aromatic carbocycles. The van der Waals surface area contributed by atoms with E-state index < -0.39 is 11.6 Å². The summed E-state index contributed by atoms with van der Waals surface area (Å²) in [5.74, 6) is -1.47. The number of benzene rings is 2. The summed E-state index contributed by atoms with van der Waals surface area (Å²) in [5.41, 5.74) is 1.36. The molecule has 1 atom stereocenters. The van der Waals surface area contributed by atoms with Crippen LogP contribution in [0.2, 0.25) is 0 Å². The Morgan fingerprint density at radius 1 is 1.12 bits per heavy atom. The first-order valence-corrected chi connectivity index (χ1v) is 8.67. The smallest absolute Gasteiger partial charge is 0.220 e. The standard InChI is InChI=1S/C18H16F3NOS/c19-12-3-5-17-13(10-12)16(7-8-24-17)22-18(23)6-2-11-1-4-14(20)15(21)9-11/h1,3-5,9-10,16H,2,6-8H2,(H,22,23). The Kier molecular flexibility index (Phi) is 5.14. The van der Waals surface area contributed by atoms with Crippen molar-refractivity contribution in [3.8, 4) is 0 Å². The second-order valence-electron chi connectivity index (χ2n) is 5.69. The van der Waals surface area contributed by atoms with Crippen LogP contribution >= 0.6 is 11.8 Å². The maximum absolute atomic E-state index is 13.5. The van der Waals surface area contributed by atoms with E-state index in [9.17, 15) is 18.0 Å². The molecule has 0 bridgehead atoms. The molecule has 1 N–H and O–H groups in total. The topological polar surface area (TPSA) is 29.1 Å². The van der Waals surface area contributed by atoms with Gasteiger partial charge >= 0.3 is 0 Å². The Hall–Kier alpha value is -1.95. The molecule has 1 heterocycles. The van der Waals surface area contributed by atoms with Crippen LogP contribution in [-0.4, -0.2) is 11.7 Å². The van der Waals surface area contributed by atoms with Gasteiger partial charge in [0.1, 0.15) is 5.82 Å². The van der Waals surface area contributed by atoms with Crippen molar-refractivity contribution in [3.63, 3.8) is 0 Å². The fourth-order valence-electron chi connectivity index (χ4n) is 2.73. The highest BCUT2D eigenvalue weighted by Gasteiger charge is 2.22. The molecule has 1 amide bonds. The fraction of sp³-hybridized carbons (Fsp3) is 0.278. The van der Waals surface area contributed by atoms with E-state index in [1.807, 2.05) is 0 Å². The highest BCUT2D eigenvalue weighted by atomic mass is 32.2. The number of hydrogen-bond acceptors (Lipinski definition) is 2. The summed E-state index contributed by atoms with van der Waals surface area (Å²) in [7, 11) is 0. The monoisotopic (exact) mass is 351 g/mol. The van der Waals surface area contributed by atoms with E-state index in [1.165, 1.54) is 18.2 Å². The number of hydrogen-bond donors (Lipinski definition) is 1. The molecule has 0 aliphatic carbocycles. The lowest BCUT2D eigenvalue weighted by Crippen LogP contribution is -2.30. The number of amides is 1. The van der Waals surface area contributed by atoms with Crippen LogP contribution in [0.25, 0.3) is 0 Å². The Labute approximate surface area is 142 Å². The van der Waals surface area contributed by atoms with Crippen molar-refractivity contribution in [1.82, 2.24) is 5.32 Å². The van der Waals surface area contributed by atoms with Crippen molar-refractivity contribution < 1.29 is 18.0 Å². The number of carbonyl (C=O) groups excluding carboxylic acids is 1. The van der Waals surface area contributed by atoms with Gasteiger partial charge in [0.2, 0.25) is 5.91 Å². The predicted molar refractivity (Wildman–Crippen MR) is 87.3 cm³/mol. The molecule has 0 aromatic heterocycles. The molecule has 126 valence electrons. The molecule has 0 radical (unpaired) electrons. The van der Waals surface area contributed by atoms with Crippen LogP contribution in [0.15, 0.2) is 41.3 Å². The summed E-state index contributed by atoms with van der Waals surface area (Å²) in [6.07, 6.45) is 1.22. The van der Waals surface area contributed by atoms with Gasteiger partial charge in [-0.05, 0) is 54.3 Å². The van der Waals surface area contributed by atoms with Crippen molar-refractivity contribution in [3.05, 3.63) is 65.0 Å². The lowest BCUT2D eigenvalue weighted by atomic mass is 10.0. The highest BCUT2D eigenvalue weighted by molar-refractivity contribution is 7.99. The maximum atomic E-state index is 13.5. The zero-order chi connectivity index (χ0) is 17.1. The predicted octanol–water partition coefficient (Wildman–Crippen LogP) is 4.39. The van der Waals surface area contributed by atoms with Crippen LogP contribution in [0.4, 0.5) is 13.2 Å². The summed E-state index contributed by atoms with van der Waals surface area (Å²) in [4.78, 5) is 13.1. The third-order valence-corrected chi connectivity index (χ3v) is 5.09. The second-order valence-corrected chi connectivity index (χ2v) is 6.82. The number of nitrogens with one attached hydrogen (secondary N) is 1. The minimum absolute atomic E-state index is 0.166. The molecule has 1 unspecified atom stereocenters. The molecular weight excluding hydrogens is 335 g/mol. The van der Waals surface area contributed by atoms with Crippen LogP contribution < -0.4 is 5.32 Å². The third-order valence-electron chi connectivity index (χ3n) is 3.97. The van der Waals surface area contributed by atoms with Gasteiger partial charge < -0.3 is 5.32 Å². The van der Waals surface area contributed by atoms with Gasteiger partial charge in [-0.25, -0.2) is 13.2 Å². The van der Waals surface area contributed by atoms with Gasteiger partial charge in [0.15, 0.2) is 11.6 Å². The molecule has 0 fully saturated rings. The lowest BCUT2D eigenvalue weighted by Gasteiger charge is -2.26. The summed E-state index contributed by atoms with van der Waals surface area (Å²) in [6, 6.07) is 8.02. The molecule has 0 saturated carbocycles. The van der Waals surface area contributed by atoms with Gasteiger partial charge in [-0.2, -0.15) is 0 Å². The van der Waals surface area contributed by atoms with Crippen LogP contribution in [0.1, 0.15) is 30.0 Å². The van der Waals surface area contributed by atoms with Gasteiger partial charge in [0.25, 0.3) is 0 Å². The van der Waals surface area contributed by atoms with E-state index in [0.29, 0.717) is 12.0 Å². The Bertz CT molecular complexity index is 766. The third kappa shape index (κ3) is 3.93. The van der Waals surface area contributed by atoms with E-state index in [4.69, 9.17) is 0 Å². The minimum atomic E-state index is -0.915. The van der Waals surface area contributed by atoms with Crippen molar-refractivity contribution >= 4 is 17.7 Å².